The molecule has 252 valence electrons. The summed E-state index contributed by atoms with van der Waals surface area (Å²) < 4.78 is 2.28. The van der Waals surface area contributed by atoms with Crippen molar-refractivity contribution < 1.29 is 8.97 Å². The Balaban J connectivity index is 3.59. The van der Waals surface area contributed by atoms with E-state index in [0.29, 0.717) is 0 Å². The van der Waals surface area contributed by atoms with E-state index in [4.69, 9.17) is 0 Å². The van der Waals surface area contributed by atoms with Crippen molar-refractivity contribution in [3.8, 4) is 0 Å². The van der Waals surface area contributed by atoms with Crippen molar-refractivity contribution >= 4 is 0 Å². The summed E-state index contributed by atoms with van der Waals surface area (Å²) in [7, 11) is 9.67. The van der Waals surface area contributed by atoms with E-state index in [-0.39, 0.29) is 0 Å². The lowest BCUT2D eigenvalue weighted by atomic mass is 10.0. The first-order valence-corrected chi connectivity index (χ1v) is 19.6. The van der Waals surface area contributed by atoms with Crippen LogP contribution in [0.2, 0.25) is 0 Å². The first-order valence-electron chi connectivity index (χ1n) is 19.6. The van der Waals surface area contributed by atoms with E-state index in [1.807, 2.05) is 0 Å². The summed E-state index contributed by atoms with van der Waals surface area (Å²) in [5, 5.41) is 0. The second-order valence-electron chi connectivity index (χ2n) is 15.3. The molecule has 0 saturated heterocycles. The summed E-state index contributed by atoms with van der Waals surface area (Å²) >= 11 is 0. The lowest BCUT2D eigenvalue weighted by molar-refractivity contribution is -0.887. The minimum absolute atomic E-state index is 1.14. The Kier molecular flexibility index (Phi) is 30.4. The van der Waals surface area contributed by atoms with Crippen LogP contribution in [-0.2, 0) is 0 Å². The minimum Gasteiger partial charge on any atom is -0.325 e. The summed E-state index contributed by atoms with van der Waals surface area (Å²) in [6.07, 6.45) is 45.4. The van der Waals surface area contributed by atoms with E-state index < -0.39 is 0 Å². The molecule has 0 unspecified atom stereocenters. The molecule has 42 heavy (non-hydrogen) atoms. The molecular formula is C40H84N2+2. The van der Waals surface area contributed by atoms with Crippen molar-refractivity contribution in [2.24, 2.45) is 0 Å². The maximum absolute atomic E-state index is 2.47. The van der Waals surface area contributed by atoms with Gasteiger partial charge in [0.15, 0.2) is 0 Å². The smallest absolute Gasteiger partial charge is 0.0971 e. The van der Waals surface area contributed by atoms with E-state index in [1.54, 1.807) is 0 Å². The van der Waals surface area contributed by atoms with Gasteiger partial charge in [-0.05, 0) is 37.8 Å². The summed E-state index contributed by atoms with van der Waals surface area (Å²) in [5.41, 5.74) is 0. The van der Waals surface area contributed by atoms with Crippen molar-refractivity contribution in [3.05, 3.63) is 12.2 Å². The summed E-state index contributed by atoms with van der Waals surface area (Å²) in [6.45, 7) is 9.61. The zero-order valence-corrected chi connectivity index (χ0v) is 30.7. The van der Waals surface area contributed by atoms with Gasteiger partial charge in [0.1, 0.15) is 0 Å². The molecule has 0 heterocycles. The first kappa shape index (κ1) is 41.7. The highest BCUT2D eigenvalue weighted by atomic mass is 15.3. The van der Waals surface area contributed by atoms with Crippen LogP contribution in [-0.4, -0.2) is 63.3 Å². The van der Waals surface area contributed by atoms with E-state index in [0.717, 1.165) is 8.97 Å². The second kappa shape index (κ2) is 30.7. The molecule has 0 aliphatic rings. The number of rotatable bonds is 34. The van der Waals surface area contributed by atoms with Gasteiger partial charge in [0, 0.05) is 0 Å². The average molecular weight is 593 g/mol. The van der Waals surface area contributed by atoms with Crippen LogP contribution in [0.3, 0.4) is 0 Å². The highest BCUT2D eigenvalue weighted by Gasteiger charge is 2.14. The lowest BCUT2D eigenvalue weighted by Gasteiger charge is -2.30. The van der Waals surface area contributed by atoms with Crippen molar-refractivity contribution in [3.63, 3.8) is 0 Å². The molecule has 0 saturated carbocycles. The van der Waals surface area contributed by atoms with Crippen LogP contribution in [0, 0.1) is 0 Å². The Labute approximate surface area is 268 Å². The van der Waals surface area contributed by atoms with Crippen LogP contribution >= 0.6 is 0 Å². The van der Waals surface area contributed by atoms with Crippen LogP contribution in [0.4, 0.5) is 0 Å². The van der Waals surface area contributed by atoms with Gasteiger partial charge in [-0.2, -0.15) is 0 Å². The SMILES string of the molecule is CCCCCCCCCCCCCCCC[N+](C)(C)C/C=C/C[N+](C)(C)CCCCCCCCCCCCCCCC. The van der Waals surface area contributed by atoms with Gasteiger partial charge in [-0.25, -0.2) is 0 Å². The van der Waals surface area contributed by atoms with Crippen LogP contribution in [0.25, 0.3) is 0 Å². The molecule has 0 aromatic carbocycles. The fraction of sp³-hybridized carbons (Fsp3) is 0.950. The maximum Gasteiger partial charge on any atom is 0.0971 e. The quantitative estimate of drug-likeness (QED) is 0.0396. The molecule has 0 spiro atoms. The van der Waals surface area contributed by atoms with Crippen molar-refractivity contribution in [2.75, 3.05) is 54.4 Å². The fourth-order valence-corrected chi connectivity index (χ4v) is 6.37. The molecule has 0 atom stereocenters. The monoisotopic (exact) mass is 593 g/mol. The Hall–Kier alpha value is -0.340. The van der Waals surface area contributed by atoms with Gasteiger partial charge in [-0.15, -0.1) is 0 Å². The fourth-order valence-electron chi connectivity index (χ4n) is 6.37. The Bertz CT molecular complexity index is 502. The average Bonchev–Trinajstić information content (AvgIpc) is 2.95. The van der Waals surface area contributed by atoms with Crippen LogP contribution in [0.15, 0.2) is 12.2 Å². The zero-order chi connectivity index (χ0) is 31.0. The van der Waals surface area contributed by atoms with Gasteiger partial charge in [0.25, 0.3) is 0 Å². The Morgan fingerprint density at radius 3 is 0.690 bits per heavy atom. The predicted molar refractivity (Wildman–Crippen MR) is 193 cm³/mol. The van der Waals surface area contributed by atoms with Gasteiger partial charge in [0.2, 0.25) is 0 Å². The van der Waals surface area contributed by atoms with Crippen molar-refractivity contribution in [1.82, 2.24) is 0 Å². The lowest BCUT2D eigenvalue weighted by Crippen LogP contribution is -2.42. The van der Waals surface area contributed by atoms with Crippen molar-refractivity contribution in [1.29, 1.82) is 0 Å². The molecule has 2 heteroatoms. The number of quaternary nitrogens is 2. The number of unbranched alkanes of at least 4 members (excludes halogenated alkanes) is 26. The van der Waals surface area contributed by atoms with Crippen LogP contribution in [0.5, 0.6) is 0 Å². The van der Waals surface area contributed by atoms with Gasteiger partial charge < -0.3 is 8.97 Å². The number of hydrogen-bond acceptors (Lipinski definition) is 0. The maximum atomic E-state index is 2.47. The third-order valence-corrected chi connectivity index (χ3v) is 9.60. The highest BCUT2D eigenvalue weighted by Crippen LogP contribution is 2.15. The summed E-state index contributed by atoms with van der Waals surface area (Å²) in [4.78, 5) is 0. The molecule has 0 N–H and O–H groups in total. The number of nitrogens with zero attached hydrogens (tertiary/aromatic N) is 2. The minimum atomic E-state index is 1.14. The molecule has 0 aliphatic heterocycles. The van der Waals surface area contributed by atoms with Gasteiger partial charge >= 0.3 is 0 Å². The van der Waals surface area contributed by atoms with Crippen molar-refractivity contribution in [2.45, 2.75) is 194 Å². The van der Waals surface area contributed by atoms with E-state index >= 15 is 0 Å². The standard InChI is InChI=1S/C40H84N2/c1-7-9-11-13-15-17-19-21-23-25-27-29-31-33-37-41(3,4)39-35-36-40-42(5,6)38-34-32-30-28-26-24-22-20-18-16-14-12-10-8-2/h35-36H,7-34,37-40H2,1-6H3/q+2/b36-35+. The molecular weight excluding hydrogens is 508 g/mol. The van der Waals surface area contributed by atoms with Gasteiger partial charge in [0.05, 0.1) is 54.4 Å². The van der Waals surface area contributed by atoms with Gasteiger partial charge in [-0.3, -0.25) is 0 Å². The predicted octanol–water partition coefficient (Wildman–Crippen LogP) is 12.7. The first-order chi connectivity index (χ1) is 20.3. The van der Waals surface area contributed by atoms with Gasteiger partial charge in [-0.1, -0.05) is 168 Å². The molecule has 0 fully saturated rings. The largest absolute Gasteiger partial charge is 0.325 e. The topological polar surface area (TPSA) is 0 Å². The molecule has 0 aliphatic carbocycles. The van der Waals surface area contributed by atoms with E-state index in [1.165, 1.54) is 206 Å². The number of likely N-dealkylation sites (N-methyl/N-ethyl adjacent to an activating group) is 2. The third kappa shape index (κ3) is 32.6. The molecule has 0 rings (SSSR count). The Morgan fingerprint density at radius 1 is 0.286 bits per heavy atom. The third-order valence-electron chi connectivity index (χ3n) is 9.60. The molecule has 0 radical (unpaired) electrons. The molecule has 2 nitrogen and oxygen atoms in total. The Morgan fingerprint density at radius 2 is 0.476 bits per heavy atom. The number of hydrogen-bond donors (Lipinski definition) is 0. The zero-order valence-electron chi connectivity index (χ0n) is 30.7. The van der Waals surface area contributed by atoms with E-state index in [9.17, 15) is 0 Å². The second-order valence-corrected chi connectivity index (χ2v) is 15.3. The van der Waals surface area contributed by atoms with E-state index in [2.05, 4.69) is 54.2 Å². The normalized spacial score (nSPS) is 12.6. The molecule has 0 aromatic heterocycles. The summed E-state index contributed by atoms with van der Waals surface area (Å²) in [6, 6.07) is 0. The highest BCUT2D eigenvalue weighted by molar-refractivity contribution is 4.81. The van der Waals surface area contributed by atoms with Crippen LogP contribution in [0.1, 0.15) is 194 Å². The van der Waals surface area contributed by atoms with Crippen LogP contribution < -0.4 is 0 Å². The molecule has 0 aromatic rings. The molecule has 0 amide bonds. The molecule has 0 bridgehead atoms. The summed E-state index contributed by atoms with van der Waals surface area (Å²) in [5.74, 6) is 0.